The number of hydrogen-bond donors (Lipinski definition) is 0. The normalized spacial score (nSPS) is 24.2. The molecule has 1 amide bonds. The van der Waals surface area contributed by atoms with Gasteiger partial charge < -0.3 is 4.90 Å². The van der Waals surface area contributed by atoms with E-state index in [-0.39, 0.29) is 15.6 Å². The second-order valence-electron chi connectivity index (χ2n) is 5.09. The molecule has 4 nitrogen and oxygen atoms in total. The van der Waals surface area contributed by atoms with Crippen LogP contribution in [0.25, 0.3) is 0 Å². The van der Waals surface area contributed by atoms with Crippen LogP contribution in [-0.4, -0.2) is 43.9 Å². The van der Waals surface area contributed by atoms with Gasteiger partial charge in [-0.25, -0.2) is 3.11 Å². The van der Waals surface area contributed by atoms with Gasteiger partial charge in [-0.05, 0) is 48.3 Å². The van der Waals surface area contributed by atoms with Crippen molar-refractivity contribution in [1.29, 1.82) is 0 Å². The predicted octanol–water partition coefficient (Wildman–Crippen LogP) is 2.25. The van der Waals surface area contributed by atoms with Crippen LogP contribution in [-0.2, 0) is 9.59 Å². The summed E-state index contributed by atoms with van der Waals surface area (Å²) in [6, 6.07) is 0. The van der Waals surface area contributed by atoms with Crippen molar-refractivity contribution in [3.8, 4) is 0 Å². The van der Waals surface area contributed by atoms with Crippen molar-refractivity contribution < 1.29 is 9.59 Å². The summed E-state index contributed by atoms with van der Waals surface area (Å²) in [5.74, 6) is 0.701. The molecule has 2 aliphatic rings. The van der Waals surface area contributed by atoms with Gasteiger partial charge in [0.1, 0.15) is 0 Å². The summed E-state index contributed by atoms with van der Waals surface area (Å²) in [7, 11) is 0. The lowest BCUT2D eigenvalue weighted by atomic mass is 9.93. The number of likely N-dealkylation sites (tertiary alicyclic amines) is 1. The van der Waals surface area contributed by atoms with Crippen LogP contribution >= 0.6 is 45.5 Å². The number of amides is 1. The van der Waals surface area contributed by atoms with Crippen LogP contribution in [0.1, 0.15) is 25.7 Å². The lowest BCUT2D eigenvalue weighted by Gasteiger charge is -2.35. The van der Waals surface area contributed by atoms with E-state index in [9.17, 15) is 9.59 Å². The van der Waals surface area contributed by atoms with Crippen molar-refractivity contribution in [2.24, 2.45) is 11.8 Å². The first-order valence-corrected chi connectivity index (χ1v) is 8.51. The number of nitrogens with zero attached hydrogens (tertiary/aromatic N) is 2. The third-order valence-electron chi connectivity index (χ3n) is 3.92. The summed E-state index contributed by atoms with van der Waals surface area (Å²) >= 11 is 4.21. The van der Waals surface area contributed by atoms with E-state index in [1.54, 1.807) is 0 Å². The van der Waals surface area contributed by atoms with Crippen molar-refractivity contribution in [3.05, 3.63) is 0 Å². The number of halogens is 2. The molecule has 0 atom stereocenters. The van der Waals surface area contributed by atoms with Crippen molar-refractivity contribution in [3.63, 3.8) is 0 Å². The minimum absolute atomic E-state index is 0.172. The molecule has 2 heterocycles. The topological polar surface area (TPSA) is 40.6 Å². The van der Waals surface area contributed by atoms with Crippen LogP contribution in [0.5, 0.6) is 0 Å². The van der Waals surface area contributed by atoms with E-state index < -0.39 is 0 Å². The standard InChI is InChI=1S/C12H18I2N2O2/c13-11(17)9-1-5-15(6-2-9)12(18)10-3-7-16(14)8-4-10/h9-10H,1-8H2. The van der Waals surface area contributed by atoms with Gasteiger partial charge in [0.05, 0.1) is 0 Å². The van der Waals surface area contributed by atoms with Crippen molar-refractivity contribution >= 4 is 55.2 Å². The maximum atomic E-state index is 12.4. The monoisotopic (exact) mass is 476 g/mol. The molecular weight excluding hydrogens is 458 g/mol. The summed E-state index contributed by atoms with van der Waals surface area (Å²) in [4.78, 5) is 25.6. The summed E-state index contributed by atoms with van der Waals surface area (Å²) < 4.78 is 2.50. The average Bonchev–Trinajstić information content (AvgIpc) is 2.39. The van der Waals surface area contributed by atoms with Crippen molar-refractivity contribution in [1.82, 2.24) is 8.01 Å². The Hall–Kier alpha value is 0.560. The Morgan fingerprint density at radius 3 is 1.89 bits per heavy atom. The third-order valence-corrected chi connectivity index (χ3v) is 5.76. The molecule has 0 spiro atoms. The molecule has 0 bridgehead atoms. The van der Waals surface area contributed by atoms with Gasteiger partial charge in [0.2, 0.25) is 5.91 Å². The van der Waals surface area contributed by atoms with Crippen molar-refractivity contribution in [2.75, 3.05) is 26.2 Å². The lowest BCUT2D eigenvalue weighted by Crippen LogP contribution is -2.44. The van der Waals surface area contributed by atoms with Crippen molar-refractivity contribution in [2.45, 2.75) is 25.7 Å². The summed E-state index contributed by atoms with van der Waals surface area (Å²) in [5.41, 5.74) is 0. The minimum Gasteiger partial charge on any atom is -0.342 e. The van der Waals surface area contributed by atoms with Gasteiger partial charge in [-0.3, -0.25) is 9.59 Å². The molecule has 0 aromatic rings. The van der Waals surface area contributed by atoms with Gasteiger partial charge in [0.25, 0.3) is 0 Å². The molecule has 2 rings (SSSR count). The fourth-order valence-corrected chi connectivity index (χ4v) is 3.86. The first kappa shape index (κ1) is 15.0. The number of piperidine rings is 2. The molecule has 0 radical (unpaired) electrons. The fraction of sp³-hybridized carbons (Fsp3) is 0.833. The van der Waals surface area contributed by atoms with Crippen LogP contribution < -0.4 is 0 Å². The number of carbonyl (C=O) groups is 2. The molecule has 6 heteroatoms. The van der Waals surface area contributed by atoms with E-state index in [1.165, 1.54) is 0 Å². The third kappa shape index (κ3) is 3.78. The number of carbonyl (C=O) groups excluding carboxylic acids is 2. The molecule has 0 aliphatic carbocycles. The molecule has 18 heavy (non-hydrogen) atoms. The zero-order valence-corrected chi connectivity index (χ0v) is 14.6. The minimum atomic E-state index is 0.172. The Morgan fingerprint density at radius 2 is 1.39 bits per heavy atom. The molecule has 0 N–H and O–H groups in total. The molecule has 102 valence electrons. The van der Waals surface area contributed by atoms with Crippen LogP contribution in [0, 0.1) is 11.8 Å². The Morgan fingerprint density at radius 1 is 0.889 bits per heavy atom. The van der Waals surface area contributed by atoms with E-state index in [0.717, 1.165) is 51.9 Å². The lowest BCUT2D eigenvalue weighted by molar-refractivity contribution is -0.138. The van der Waals surface area contributed by atoms with Gasteiger partial charge in [-0.1, -0.05) is 0 Å². The van der Waals surface area contributed by atoms with E-state index in [0.29, 0.717) is 5.91 Å². The highest BCUT2D eigenvalue weighted by Crippen LogP contribution is 2.26. The number of rotatable bonds is 2. The molecule has 2 saturated heterocycles. The van der Waals surface area contributed by atoms with Gasteiger partial charge in [-0.15, -0.1) is 0 Å². The Balaban J connectivity index is 1.82. The zero-order valence-electron chi connectivity index (χ0n) is 10.3. The second kappa shape index (κ2) is 6.83. The van der Waals surface area contributed by atoms with Gasteiger partial charge in [-0.2, -0.15) is 0 Å². The molecule has 0 unspecified atom stereocenters. The van der Waals surface area contributed by atoms with Crippen LogP contribution in [0.2, 0.25) is 0 Å². The maximum Gasteiger partial charge on any atom is 0.225 e. The highest BCUT2D eigenvalue weighted by Gasteiger charge is 2.31. The molecule has 0 saturated carbocycles. The van der Waals surface area contributed by atoms with Crippen LogP contribution in [0.15, 0.2) is 0 Å². The Labute approximate surface area is 135 Å². The van der Waals surface area contributed by atoms with Gasteiger partial charge in [0, 0.05) is 60.9 Å². The largest absolute Gasteiger partial charge is 0.342 e. The summed E-state index contributed by atoms with van der Waals surface area (Å²) in [5, 5.41) is 0. The molecule has 2 fully saturated rings. The quantitative estimate of drug-likeness (QED) is 0.349. The number of hydrogen-bond acceptors (Lipinski definition) is 3. The maximum absolute atomic E-state index is 12.4. The van der Waals surface area contributed by atoms with E-state index in [2.05, 4.69) is 26.0 Å². The Kier molecular flexibility index (Phi) is 5.67. The van der Waals surface area contributed by atoms with Gasteiger partial charge in [0.15, 0.2) is 3.79 Å². The Bertz CT molecular complexity index is 322. The summed E-state index contributed by atoms with van der Waals surface area (Å²) in [6.07, 6.45) is 3.65. The van der Waals surface area contributed by atoms with E-state index in [4.69, 9.17) is 0 Å². The highest BCUT2D eigenvalue weighted by molar-refractivity contribution is 14.1. The van der Waals surface area contributed by atoms with Crippen LogP contribution in [0.4, 0.5) is 0 Å². The first-order valence-electron chi connectivity index (χ1n) is 6.47. The zero-order chi connectivity index (χ0) is 13.1. The predicted molar refractivity (Wildman–Crippen MR) is 86.6 cm³/mol. The molecular formula is C12H18I2N2O2. The molecule has 0 aromatic heterocycles. The van der Waals surface area contributed by atoms with E-state index >= 15 is 0 Å². The van der Waals surface area contributed by atoms with Crippen LogP contribution in [0.3, 0.4) is 0 Å². The average molecular weight is 476 g/mol. The SMILES string of the molecule is O=C(I)C1CCN(C(=O)C2CCN(I)CC2)CC1. The summed E-state index contributed by atoms with van der Waals surface area (Å²) in [6.45, 7) is 3.56. The smallest absolute Gasteiger partial charge is 0.225 e. The van der Waals surface area contributed by atoms with Gasteiger partial charge >= 0.3 is 0 Å². The first-order chi connectivity index (χ1) is 8.58. The van der Waals surface area contributed by atoms with E-state index in [1.807, 2.05) is 27.5 Å². The molecule has 2 aliphatic heterocycles. The second-order valence-corrected chi connectivity index (χ2v) is 7.52. The molecule has 0 aromatic carbocycles. The highest BCUT2D eigenvalue weighted by atomic mass is 127. The fourth-order valence-electron chi connectivity index (χ4n) is 2.68.